The Morgan fingerprint density at radius 2 is 2.23 bits per heavy atom. The molecule has 1 aliphatic carbocycles. The van der Waals surface area contributed by atoms with Gasteiger partial charge in [-0.1, -0.05) is 6.92 Å². The van der Waals surface area contributed by atoms with Gasteiger partial charge in [0.2, 0.25) is 0 Å². The standard InChI is InChI=1S/C16H22BrN3O2/c1-10-4-14(21)9-20(8-10)16(22)19-15(11-2-3-11)12-5-13(17)7-18-6-12/h5-7,10-11,14-15,21H,2-4,8-9H2,1H3,(H,19,22)/t10-,14+,15?/m1/s1. The van der Waals surface area contributed by atoms with E-state index in [1.165, 1.54) is 0 Å². The second-order valence-electron chi connectivity index (χ2n) is 6.60. The number of likely N-dealkylation sites (tertiary alicyclic amines) is 1. The number of pyridine rings is 1. The Morgan fingerprint density at radius 1 is 1.45 bits per heavy atom. The number of carbonyl (C=O) groups is 1. The van der Waals surface area contributed by atoms with E-state index >= 15 is 0 Å². The van der Waals surface area contributed by atoms with Crippen LogP contribution in [0.25, 0.3) is 0 Å². The summed E-state index contributed by atoms with van der Waals surface area (Å²) in [5.74, 6) is 0.827. The van der Waals surface area contributed by atoms with Gasteiger partial charge >= 0.3 is 6.03 Å². The number of hydrogen-bond donors (Lipinski definition) is 2. The van der Waals surface area contributed by atoms with E-state index in [9.17, 15) is 9.90 Å². The number of nitrogens with one attached hydrogen (secondary N) is 1. The molecule has 5 nitrogen and oxygen atoms in total. The zero-order valence-corrected chi connectivity index (χ0v) is 14.3. The minimum atomic E-state index is -0.415. The molecule has 3 atom stereocenters. The maximum Gasteiger partial charge on any atom is 0.317 e. The SMILES string of the molecule is C[C@@H]1C[C@H](O)CN(C(=O)NC(c2cncc(Br)c2)C2CC2)C1. The zero-order chi connectivity index (χ0) is 15.7. The number of amides is 2. The highest BCUT2D eigenvalue weighted by Gasteiger charge is 2.35. The van der Waals surface area contributed by atoms with Crippen LogP contribution in [0.15, 0.2) is 22.9 Å². The van der Waals surface area contributed by atoms with E-state index < -0.39 is 6.10 Å². The molecule has 2 fully saturated rings. The van der Waals surface area contributed by atoms with Crippen molar-refractivity contribution in [2.45, 2.75) is 38.3 Å². The highest BCUT2D eigenvalue weighted by atomic mass is 79.9. The predicted molar refractivity (Wildman–Crippen MR) is 87.3 cm³/mol. The molecular weight excluding hydrogens is 346 g/mol. The van der Waals surface area contributed by atoms with Crippen LogP contribution in [0.4, 0.5) is 4.79 Å². The summed E-state index contributed by atoms with van der Waals surface area (Å²) < 4.78 is 0.923. The fraction of sp³-hybridized carbons (Fsp3) is 0.625. The van der Waals surface area contributed by atoms with Gasteiger partial charge in [-0.3, -0.25) is 4.98 Å². The molecule has 1 saturated heterocycles. The maximum absolute atomic E-state index is 12.6. The van der Waals surface area contributed by atoms with Crippen molar-refractivity contribution >= 4 is 22.0 Å². The molecule has 22 heavy (non-hydrogen) atoms. The number of aliphatic hydroxyl groups is 1. The quantitative estimate of drug-likeness (QED) is 0.862. The Labute approximate surface area is 139 Å². The first kappa shape index (κ1) is 15.7. The van der Waals surface area contributed by atoms with Gasteiger partial charge in [0.1, 0.15) is 0 Å². The Kier molecular flexibility index (Phi) is 4.68. The minimum Gasteiger partial charge on any atom is -0.391 e. The number of piperidine rings is 1. The van der Waals surface area contributed by atoms with E-state index in [-0.39, 0.29) is 12.1 Å². The molecule has 0 radical (unpaired) electrons. The summed E-state index contributed by atoms with van der Waals surface area (Å²) >= 11 is 3.44. The molecule has 2 N–H and O–H groups in total. The first-order chi connectivity index (χ1) is 10.5. The molecule has 1 saturated carbocycles. The lowest BCUT2D eigenvalue weighted by Crippen LogP contribution is -2.50. The van der Waals surface area contributed by atoms with Crippen LogP contribution in [0, 0.1) is 11.8 Å². The van der Waals surface area contributed by atoms with Gasteiger partial charge in [0.05, 0.1) is 12.1 Å². The predicted octanol–water partition coefficient (Wildman–Crippen LogP) is 2.71. The van der Waals surface area contributed by atoms with Crippen LogP contribution in [-0.2, 0) is 0 Å². The van der Waals surface area contributed by atoms with Gasteiger partial charge in [0, 0.05) is 30.0 Å². The van der Waals surface area contributed by atoms with Gasteiger partial charge in [-0.15, -0.1) is 0 Å². The maximum atomic E-state index is 12.6. The van der Waals surface area contributed by atoms with Gasteiger partial charge < -0.3 is 15.3 Å². The lowest BCUT2D eigenvalue weighted by Gasteiger charge is -2.35. The summed E-state index contributed by atoms with van der Waals surface area (Å²) in [6.07, 6.45) is 6.19. The molecule has 0 bridgehead atoms. The normalized spacial score (nSPS) is 26.6. The summed E-state index contributed by atoms with van der Waals surface area (Å²) in [5.41, 5.74) is 1.04. The number of rotatable bonds is 3. The summed E-state index contributed by atoms with van der Waals surface area (Å²) in [6, 6.07) is 1.94. The summed E-state index contributed by atoms with van der Waals surface area (Å²) in [6.45, 7) is 3.20. The van der Waals surface area contributed by atoms with Crippen LogP contribution in [0.1, 0.15) is 37.8 Å². The van der Waals surface area contributed by atoms with Gasteiger partial charge in [-0.2, -0.15) is 0 Å². The molecule has 2 aliphatic rings. The molecule has 1 aromatic heterocycles. The van der Waals surface area contributed by atoms with Crippen molar-refractivity contribution in [2.75, 3.05) is 13.1 Å². The number of β-amino-alcohol motifs (C(OH)–C–C–N with tert-alkyl or cyclic N) is 1. The Bertz CT molecular complexity index is 540. The summed E-state index contributed by atoms with van der Waals surface area (Å²) in [5, 5.41) is 13.0. The van der Waals surface area contributed by atoms with Crippen molar-refractivity contribution in [3.05, 3.63) is 28.5 Å². The third-order valence-electron chi connectivity index (χ3n) is 4.38. The molecule has 6 heteroatoms. The molecule has 2 heterocycles. The van der Waals surface area contributed by atoms with Crippen LogP contribution < -0.4 is 5.32 Å². The Morgan fingerprint density at radius 3 is 2.86 bits per heavy atom. The van der Waals surface area contributed by atoms with Crippen LogP contribution in [0.3, 0.4) is 0 Å². The van der Waals surface area contributed by atoms with Crippen molar-refractivity contribution < 1.29 is 9.90 Å². The van der Waals surface area contributed by atoms with Gasteiger partial charge in [-0.25, -0.2) is 4.79 Å². The van der Waals surface area contributed by atoms with E-state index in [1.54, 1.807) is 11.1 Å². The van der Waals surface area contributed by atoms with Gasteiger partial charge in [0.15, 0.2) is 0 Å². The van der Waals surface area contributed by atoms with Gasteiger partial charge in [-0.05, 0) is 58.7 Å². The van der Waals surface area contributed by atoms with E-state index in [1.807, 2.05) is 12.3 Å². The molecule has 1 aliphatic heterocycles. The molecular formula is C16H22BrN3O2. The minimum absolute atomic E-state index is 0.00637. The Hall–Kier alpha value is -1.14. The number of carbonyl (C=O) groups excluding carboxylic acids is 1. The average Bonchev–Trinajstić information content (AvgIpc) is 3.28. The topological polar surface area (TPSA) is 65.5 Å². The lowest BCUT2D eigenvalue weighted by atomic mass is 9.98. The van der Waals surface area contributed by atoms with Crippen LogP contribution >= 0.6 is 15.9 Å². The number of hydrogen-bond acceptors (Lipinski definition) is 3. The first-order valence-corrected chi connectivity index (χ1v) is 8.66. The molecule has 1 unspecified atom stereocenters. The molecule has 0 spiro atoms. The molecule has 0 aromatic carbocycles. The molecule has 120 valence electrons. The van der Waals surface area contributed by atoms with Crippen LogP contribution in [0.2, 0.25) is 0 Å². The first-order valence-electron chi connectivity index (χ1n) is 7.87. The number of aliphatic hydroxyl groups excluding tert-OH is 1. The molecule has 1 aromatic rings. The number of nitrogens with zero attached hydrogens (tertiary/aromatic N) is 2. The van der Waals surface area contributed by atoms with Crippen LogP contribution in [-0.4, -0.2) is 40.2 Å². The van der Waals surface area contributed by atoms with E-state index in [2.05, 4.69) is 33.2 Å². The van der Waals surface area contributed by atoms with E-state index in [0.29, 0.717) is 24.9 Å². The van der Waals surface area contributed by atoms with Crippen molar-refractivity contribution in [1.29, 1.82) is 0 Å². The van der Waals surface area contributed by atoms with Crippen LogP contribution in [0.5, 0.6) is 0 Å². The summed E-state index contributed by atoms with van der Waals surface area (Å²) in [7, 11) is 0. The third kappa shape index (κ3) is 3.79. The zero-order valence-electron chi connectivity index (χ0n) is 12.7. The van der Waals surface area contributed by atoms with Crippen molar-refractivity contribution in [3.63, 3.8) is 0 Å². The third-order valence-corrected chi connectivity index (χ3v) is 4.82. The van der Waals surface area contributed by atoms with E-state index in [0.717, 1.165) is 29.3 Å². The fourth-order valence-electron chi connectivity index (χ4n) is 3.21. The fourth-order valence-corrected chi connectivity index (χ4v) is 3.59. The molecule has 3 rings (SSSR count). The second kappa shape index (κ2) is 6.54. The molecule has 2 amide bonds. The summed E-state index contributed by atoms with van der Waals surface area (Å²) in [4.78, 5) is 18.5. The monoisotopic (exact) mass is 367 g/mol. The number of aromatic nitrogens is 1. The van der Waals surface area contributed by atoms with Crippen molar-refractivity contribution in [1.82, 2.24) is 15.2 Å². The number of urea groups is 1. The second-order valence-corrected chi connectivity index (χ2v) is 7.52. The highest BCUT2D eigenvalue weighted by Crippen LogP contribution is 2.41. The largest absolute Gasteiger partial charge is 0.391 e. The van der Waals surface area contributed by atoms with Crippen molar-refractivity contribution in [2.24, 2.45) is 11.8 Å². The highest BCUT2D eigenvalue weighted by molar-refractivity contribution is 9.10. The van der Waals surface area contributed by atoms with Crippen molar-refractivity contribution in [3.8, 4) is 0 Å². The average molecular weight is 368 g/mol. The number of halogens is 1. The van der Waals surface area contributed by atoms with E-state index in [4.69, 9.17) is 0 Å². The smallest absolute Gasteiger partial charge is 0.317 e. The van der Waals surface area contributed by atoms with Gasteiger partial charge in [0.25, 0.3) is 0 Å². The lowest BCUT2D eigenvalue weighted by molar-refractivity contribution is 0.0594. The Balaban J connectivity index is 1.70.